The quantitative estimate of drug-likeness (QED) is 0.707. The van der Waals surface area contributed by atoms with Gasteiger partial charge in [0.05, 0.1) is 6.61 Å². The number of piperidine rings is 1. The summed E-state index contributed by atoms with van der Waals surface area (Å²) in [6, 6.07) is 2.14. The number of amides is 1. The van der Waals surface area contributed by atoms with Gasteiger partial charge in [-0.25, -0.2) is 9.18 Å². The average molecular weight is 413 g/mol. The van der Waals surface area contributed by atoms with Gasteiger partial charge in [-0.2, -0.15) is 0 Å². The van der Waals surface area contributed by atoms with Crippen molar-refractivity contribution in [3.05, 3.63) is 16.5 Å². The van der Waals surface area contributed by atoms with Crippen molar-refractivity contribution in [1.82, 2.24) is 9.80 Å². The Morgan fingerprint density at radius 3 is 2.64 bits per heavy atom. The molecule has 28 heavy (non-hydrogen) atoms. The van der Waals surface area contributed by atoms with Crippen molar-refractivity contribution in [3.8, 4) is 5.06 Å². The van der Waals surface area contributed by atoms with Crippen molar-refractivity contribution in [2.75, 3.05) is 32.8 Å². The lowest BCUT2D eigenvalue weighted by atomic mass is 9.89. The summed E-state index contributed by atoms with van der Waals surface area (Å²) in [5, 5.41) is 0.992. The van der Waals surface area contributed by atoms with Gasteiger partial charge in [-0.1, -0.05) is 0 Å². The topological polar surface area (TPSA) is 42.0 Å². The van der Waals surface area contributed by atoms with Gasteiger partial charge in [-0.15, -0.1) is 11.3 Å². The number of ether oxygens (including phenoxy) is 2. The Morgan fingerprint density at radius 1 is 1.29 bits per heavy atom. The maximum absolute atomic E-state index is 15.3. The molecule has 7 heteroatoms. The first-order chi connectivity index (χ1) is 13.2. The molecule has 0 radical (unpaired) electrons. The molecule has 3 rings (SSSR count). The lowest BCUT2D eigenvalue weighted by Crippen LogP contribution is -2.47. The molecule has 0 N–H and O–H groups in total. The highest BCUT2D eigenvalue weighted by atomic mass is 32.1. The van der Waals surface area contributed by atoms with Crippen molar-refractivity contribution in [2.24, 2.45) is 0 Å². The number of carbonyl (C=O) groups is 1. The van der Waals surface area contributed by atoms with E-state index in [1.54, 1.807) is 16.2 Å². The molecule has 0 atom stereocenters. The lowest BCUT2D eigenvalue weighted by molar-refractivity contribution is -0.000956. The maximum Gasteiger partial charge on any atom is 0.410 e. The Labute approximate surface area is 171 Å². The van der Waals surface area contributed by atoms with Gasteiger partial charge in [0.1, 0.15) is 11.3 Å². The number of alkyl halides is 1. The van der Waals surface area contributed by atoms with Crippen LogP contribution in [0.2, 0.25) is 0 Å². The van der Waals surface area contributed by atoms with Crippen LogP contribution < -0.4 is 4.74 Å². The second kappa shape index (κ2) is 8.57. The van der Waals surface area contributed by atoms with Crippen molar-refractivity contribution in [2.45, 2.75) is 71.2 Å². The Hall–Kier alpha value is -1.34. The van der Waals surface area contributed by atoms with E-state index >= 15 is 4.39 Å². The van der Waals surface area contributed by atoms with Crippen LogP contribution in [-0.4, -0.2) is 59.9 Å². The summed E-state index contributed by atoms with van der Waals surface area (Å²) in [5.41, 5.74) is -0.380. The lowest BCUT2D eigenvalue weighted by Gasteiger charge is -2.38. The third-order valence-electron chi connectivity index (χ3n) is 5.40. The van der Waals surface area contributed by atoms with E-state index in [9.17, 15) is 4.79 Å². The molecule has 0 aromatic carbocycles. The van der Waals surface area contributed by atoms with Crippen molar-refractivity contribution < 1.29 is 18.7 Å². The van der Waals surface area contributed by atoms with Gasteiger partial charge in [-0.05, 0) is 65.0 Å². The van der Waals surface area contributed by atoms with Crippen molar-refractivity contribution >= 4 is 17.4 Å². The third kappa shape index (κ3) is 5.60. The molecule has 1 aromatic heterocycles. The molecule has 5 nitrogen and oxygen atoms in total. The molecule has 2 aliphatic rings. The molecule has 1 fully saturated rings. The molecule has 1 saturated heterocycles. The van der Waals surface area contributed by atoms with Gasteiger partial charge in [0.2, 0.25) is 0 Å². The van der Waals surface area contributed by atoms with Crippen LogP contribution in [0, 0.1) is 0 Å². The molecule has 3 heterocycles. The van der Waals surface area contributed by atoms with E-state index in [-0.39, 0.29) is 6.09 Å². The smallest absolute Gasteiger partial charge is 0.410 e. The molecule has 0 bridgehead atoms. The summed E-state index contributed by atoms with van der Waals surface area (Å²) in [6.07, 6.45) is 1.98. The first-order valence-electron chi connectivity index (χ1n) is 10.3. The van der Waals surface area contributed by atoms with E-state index in [1.807, 2.05) is 27.7 Å². The summed E-state index contributed by atoms with van der Waals surface area (Å²) in [5.74, 6) is 0. The molecule has 158 valence electrons. The van der Waals surface area contributed by atoms with Gasteiger partial charge in [0, 0.05) is 37.6 Å². The number of fused-ring (bicyclic) bond motifs is 1. The molecule has 0 unspecified atom stereocenters. The summed E-state index contributed by atoms with van der Waals surface area (Å²) in [6.45, 7) is 11.7. The Morgan fingerprint density at radius 2 is 2.00 bits per heavy atom. The van der Waals surface area contributed by atoms with Gasteiger partial charge < -0.3 is 14.4 Å². The van der Waals surface area contributed by atoms with Crippen LogP contribution in [0.25, 0.3) is 0 Å². The van der Waals surface area contributed by atoms with Gasteiger partial charge in [-0.3, -0.25) is 4.90 Å². The van der Waals surface area contributed by atoms with Crippen LogP contribution in [0.3, 0.4) is 0 Å². The van der Waals surface area contributed by atoms with Gasteiger partial charge >= 0.3 is 6.09 Å². The molecule has 1 amide bonds. The Balaban J connectivity index is 1.45. The highest BCUT2D eigenvalue weighted by Crippen LogP contribution is 2.35. The van der Waals surface area contributed by atoms with Crippen LogP contribution in [0.5, 0.6) is 5.06 Å². The fourth-order valence-corrected chi connectivity index (χ4v) is 4.86. The molecule has 1 aromatic rings. The summed E-state index contributed by atoms with van der Waals surface area (Å²) >= 11 is 1.74. The van der Waals surface area contributed by atoms with Gasteiger partial charge in [0.25, 0.3) is 0 Å². The number of likely N-dealkylation sites (tertiary alicyclic amines) is 1. The number of rotatable bonds is 5. The third-order valence-corrected chi connectivity index (χ3v) is 6.55. The number of hydrogen-bond acceptors (Lipinski definition) is 5. The molecular weight excluding hydrogens is 379 g/mol. The standard InChI is InChI=1S/C21H33FN2O3S/c1-5-26-18-14-16-15-23(10-6-17(16)28-18)11-7-21(22)8-12-24(13-9-21)19(25)27-20(2,3)4/h14H,5-13,15H2,1-4H3. The molecule has 2 aliphatic heterocycles. The zero-order chi connectivity index (χ0) is 20.4. The normalized spacial score (nSPS) is 20.0. The predicted octanol–water partition coefficient (Wildman–Crippen LogP) is 4.63. The van der Waals surface area contributed by atoms with E-state index in [0.717, 1.165) is 31.1 Å². The summed E-state index contributed by atoms with van der Waals surface area (Å²) in [7, 11) is 0. The zero-order valence-corrected chi connectivity index (χ0v) is 18.4. The zero-order valence-electron chi connectivity index (χ0n) is 17.6. The van der Waals surface area contributed by atoms with Crippen LogP contribution in [0.1, 0.15) is 57.4 Å². The molecule has 0 spiro atoms. The highest BCUT2D eigenvalue weighted by Gasteiger charge is 2.37. The second-order valence-corrected chi connectivity index (χ2v) is 9.94. The first kappa shape index (κ1) is 21.4. The first-order valence-corrected chi connectivity index (χ1v) is 11.1. The predicted molar refractivity (Wildman–Crippen MR) is 110 cm³/mol. The van der Waals surface area contributed by atoms with E-state index in [0.29, 0.717) is 39.0 Å². The Kier molecular flexibility index (Phi) is 6.54. The summed E-state index contributed by atoms with van der Waals surface area (Å²) < 4.78 is 26.3. The minimum absolute atomic E-state index is 0.333. The van der Waals surface area contributed by atoms with Gasteiger partial charge in [0.15, 0.2) is 5.06 Å². The van der Waals surface area contributed by atoms with Crippen LogP contribution in [0.4, 0.5) is 9.18 Å². The maximum atomic E-state index is 15.3. The monoisotopic (exact) mass is 412 g/mol. The fraction of sp³-hybridized carbons (Fsp3) is 0.762. The molecule has 0 saturated carbocycles. The second-order valence-electron chi connectivity index (χ2n) is 8.84. The average Bonchev–Trinajstić information content (AvgIpc) is 3.01. The van der Waals surface area contributed by atoms with Crippen LogP contribution in [0.15, 0.2) is 6.07 Å². The van der Waals surface area contributed by atoms with Crippen molar-refractivity contribution in [1.29, 1.82) is 0 Å². The van der Waals surface area contributed by atoms with E-state index in [2.05, 4.69) is 11.0 Å². The van der Waals surface area contributed by atoms with Crippen LogP contribution >= 0.6 is 11.3 Å². The SMILES string of the molecule is CCOc1cc2c(s1)CCN(CCC1(F)CCN(C(=O)OC(C)(C)C)CC1)C2. The Bertz CT molecular complexity index is 678. The van der Waals surface area contributed by atoms with Crippen molar-refractivity contribution in [3.63, 3.8) is 0 Å². The molecule has 0 aliphatic carbocycles. The fourth-order valence-electron chi connectivity index (χ4n) is 3.79. The highest BCUT2D eigenvalue weighted by molar-refractivity contribution is 7.14. The number of nitrogens with zero attached hydrogens (tertiary/aromatic N) is 2. The number of halogens is 1. The van der Waals surface area contributed by atoms with Crippen LogP contribution in [-0.2, 0) is 17.7 Å². The van der Waals surface area contributed by atoms with E-state index in [1.165, 1.54) is 10.4 Å². The minimum Gasteiger partial charge on any atom is -0.484 e. The number of hydrogen-bond donors (Lipinski definition) is 0. The number of carbonyl (C=O) groups excluding carboxylic acids is 1. The number of thiophene rings is 1. The minimum atomic E-state index is -1.19. The van der Waals surface area contributed by atoms with E-state index < -0.39 is 11.3 Å². The molecular formula is C21H33FN2O3S. The largest absolute Gasteiger partial charge is 0.484 e. The summed E-state index contributed by atoms with van der Waals surface area (Å²) in [4.78, 5) is 17.5. The van der Waals surface area contributed by atoms with E-state index in [4.69, 9.17) is 9.47 Å².